The lowest BCUT2D eigenvalue weighted by molar-refractivity contribution is -0.119. The molecule has 0 spiro atoms. The topological polar surface area (TPSA) is 91.4 Å². The minimum atomic E-state index is -3.51. The van der Waals surface area contributed by atoms with Gasteiger partial charge < -0.3 is 15.5 Å². The number of hydrogen-bond donors (Lipinski definition) is 2. The van der Waals surface area contributed by atoms with E-state index in [0.29, 0.717) is 18.8 Å². The number of rotatable bonds is 4. The maximum atomic E-state index is 12.7. The Morgan fingerprint density at radius 3 is 2.46 bits per heavy atom. The van der Waals surface area contributed by atoms with Gasteiger partial charge in [0.2, 0.25) is 5.91 Å². The fourth-order valence-corrected chi connectivity index (χ4v) is 4.77. The summed E-state index contributed by atoms with van der Waals surface area (Å²) >= 11 is 0. The molecule has 24 heavy (non-hydrogen) atoms. The third kappa shape index (κ3) is 3.25. The van der Waals surface area contributed by atoms with Gasteiger partial charge in [-0.05, 0) is 50.9 Å². The van der Waals surface area contributed by atoms with Gasteiger partial charge in [-0.25, -0.2) is 13.4 Å². The van der Waals surface area contributed by atoms with Crippen LogP contribution in [0.4, 0.5) is 11.5 Å². The van der Waals surface area contributed by atoms with Crippen LogP contribution in [0.5, 0.6) is 0 Å². The van der Waals surface area contributed by atoms with E-state index in [1.807, 2.05) is 6.07 Å². The zero-order valence-electron chi connectivity index (χ0n) is 13.9. The van der Waals surface area contributed by atoms with Crippen molar-refractivity contribution in [1.82, 2.24) is 10.3 Å². The molecule has 0 aromatic carbocycles. The molecule has 1 aromatic heterocycles. The summed E-state index contributed by atoms with van der Waals surface area (Å²) in [5, 5.41) is 5.86. The van der Waals surface area contributed by atoms with Gasteiger partial charge in [-0.1, -0.05) is 0 Å². The molecule has 0 aliphatic carbocycles. The van der Waals surface area contributed by atoms with Crippen molar-refractivity contribution in [2.24, 2.45) is 0 Å². The number of pyridine rings is 1. The summed E-state index contributed by atoms with van der Waals surface area (Å²) in [6.07, 6.45) is 5.67. The van der Waals surface area contributed by atoms with Gasteiger partial charge in [0.05, 0.1) is 11.9 Å². The van der Waals surface area contributed by atoms with E-state index in [1.54, 1.807) is 12.3 Å². The van der Waals surface area contributed by atoms with Gasteiger partial charge in [-0.15, -0.1) is 0 Å². The third-order valence-corrected chi connectivity index (χ3v) is 6.98. The number of nitrogens with zero attached hydrogens (tertiary/aromatic N) is 2. The second kappa shape index (κ2) is 6.68. The highest BCUT2D eigenvalue weighted by Crippen LogP contribution is 2.29. The molecule has 8 heteroatoms. The van der Waals surface area contributed by atoms with Crippen molar-refractivity contribution in [3.63, 3.8) is 0 Å². The maximum Gasteiger partial charge on any atom is 0.245 e. The fraction of sp³-hybridized carbons (Fsp3) is 0.625. The zero-order valence-corrected chi connectivity index (χ0v) is 14.7. The van der Waals surface area contributed by atoms with Crippen LogP contribution in [0, 0.1) is 0 Å². The summed E-state index contributed by atoms with van der Waals surface area (Å²) in [5.74, 6) is 0.437. The molecule has 3 rings (SSSR count). The van der Waals surface area contributed by atoms with Crippen molar-refractivity contribution >= 4 is 27.2 Å². The molecule has 0 atom stereocenters. The summed E-state index contributed by atoms with van der Waals surface area (Å²) in [4.78, 5) is 19.3. The first kappa shape index (κ1) is 17.2. The second-order valence-electron chi connectivity index (χ2n) is 6.57. The van der Waals surface area contributed by atoms with Crippen molar-refractivity contribution in [3.8, 4) is 0 Å². The van der Waals surface area contributed by atoms with Gasteiger partial charge in [0.15, 0.2) is 14.6 Å². The molecule has 132 valence electrons. The summed E-state index contributed by atoms with van der Waals surface area (Å²) in [6.45, 7) is 3.05. The minimum absolute atomic E-state index is 0.289. The van der Waals surface area contributed by atoms with Crippen molar-refractivity contribution in [3.05, 3.63) is 18.3 Å². The van der Waals surface area contributed by atoms with Crippen LogP contribution in [0.1, 0.15) is 25.7 Å². The van der Waals surface area contributed by atoms with E-state index in [0.717, 1.165) is 25.2 Å². The number of anilines is 2. The lowest BCUT2D eigenvalue weighted by atomic mass is 9.96. The van der Waals surface area contributed by atoms with Gasteiger partial charge in [0.25, 0.3) is 0 Å². The van der Waals surface area contributed by atoms with Gasteiger partial charge in [0, 0.05) is 19.3 Å². The number of aromatic nitrogens is 1. The fourth-order valence-electron chi connectivity index (χ4n) is 3.44. The first-order chi connectivity index (χ1) is 11.4. The van der Waals surface area contributed by atoms with Crippen LogP contribution >= 0.6 is 0 Å². The number of carbonyl (C=O) groups excluding carboxylic acids is 1. The molecule has 2 fully saturated rings. The Balaban J connectivity index is 1.75. The number of hydrogen-bond acceptors (Lipinski definition) is 6. The number of sulfone groups is 1. The van der Waals surface area contributed by atoms with E-state index in [4.69, 9.17) is 0 Å². The summed E-state index contributed by atoms with van der Waals surface area (Å²) in [6, 6.07) is 3.66. The number of amides is 1. The van der Waals surface area contributed by atoms with Crippen molar-refractivity contribution in [2.45, 2.75) is 30.4 Å². The molecule has 0 radical (unpaired) electrons. The van der Waals surface area contributed by atoms with Crippen LogP contribution in [0.2, 0.25) is 0 Å². The van der Waals surface area contributed by atoms with Crippen LogP contribution in [0.25, 0.3) is 0 Å². The predicted octanol–water partition coefficient (Wildman–Crippen LogP) is 0.787. The quantitative estimate of drug-likeness (QED) is 0.832. The molecule has 3 heterocycles. The molecule has 0 saturated carbocycles. The lowest BCUT2D eigenvalue weighted by Gasteiger charge is -2.34. The molecular weight excluding hydrogens is 328 g/mol. The van der Waals surface area contributed by atoms with Gasteiger partial charge in [-0.2, -0.15) is 0 Å². The summed E-state index contributed by atoms with van der Waals surface area (Å²) < 4.78 is 23.2. The molecule has 0 bridgehead atoms. The van der Waals surface area contributed by atoms with Crippen LogP contribution in [0.15, 0.2) is 18.3 Å². The van der Waals surface area contributed by atoms with Crippen molar-refractivity contribution < 1.29 is 13.2 Å². The summed E-state index contributed by atoms with van der Waals surface area (Å²) in [7, 11) is -3.51. The Morgan fingerprint density at radius 1 is 1.25 bits per heavy atom. The molecule has 2 aliphatic rings. The van der Waals surface area contributed by atoms with Crippen molar-refractivity contribution in [1.29, 1.82) is 0 Å². The predicted molar refractivity (Wildman–Crippen MR) is 94.0 cm³/mol. The standard InChI is InChI=1S/C16H24N4O3S/c1-24(22,23)16(6-8-17-9-7-16)15(21)19-13-4-5-14(18-12-13)20-10-2-3-11-20/h4-5,12,17H,2-3,6-11H2,1H3,(H,19,21). The minimum Gasteiger partial charge on any atom is -0.357 e. The van der Waals surface area contributed by atoms with E-state index in [1.165, 1.54) is 12.8 Å². The van der Waals surface area contributed by atoms with E-state index in [2.05, 4.69) is 20.5 Å². The van der Waals surface area contributed by atoms with Gasteiger partial charge in [0.1, 0.15) is 5.82 Å². The number of piperidine rings is 1. The van der Waals surface area contributed by atoms with E-state index < -0.39 is 20.5 Å². The maximum absolute atomic E-state index is 12.7. The second-order valence-corrected chi connectivity index (χ2v) is 8.90. The highest BCUT2D eigenvalue weighted by atomic mass is 32.2. The molecule has 1 amide bonds. The smallest absolute Gasteiger partial charge is 0.245 e. The van der Waals surface area contributed by atoms with Gasteiger partial charge >= 0.3 is 0 Å². The van der Waals surface area contributed by atoms with Crippen molar-refractivity contribution in [2.75, 3.05) is 42.7 Å². The molecule has 2 N–H and O–H groups in total. The molecule has 2 saturated heterocycles. The average molecular weight is 352 g/mol. The SMILES string of the molecule is CS(=O)(=O)C1(C(=O)Nc2ccc(N3CCCC3)nc2)CCNCC1. The molecule has 1 aromatic rings. The largest absolute Gasteiger partial charge is 0.357 e. The monoisotopic (exact) mass is 352 g/mol. The van der Waals surface area contributed by atoms with E-state index in [9.17, 15) is 13.2 Å². The molecule has 7 nitrogen and oxygen atoms in total. The molecular formula is C16H24N4O3S. The first-order valence-electron chi connectivity index (χ1n) is 8.35. The highest BCUT2D eigenvalue weighted by Gasteiger charge is 2.48. The van der Waals surface area contributed by atoms with E-state index >= 15 is 0 Å². The number of carbonyl (C=O) groups is 1. The Bertz CT molecular complexity index is 691. The third-order valence-electron chi connectivity index (χ3n) is 4.97. The van der Waals surface area contributed by atoms with E-state index in [-0.39, 0.29) is 12.8 Å². The Kier molecular flexibility index (Phi) is 4.78. The van der Waals surface area contributed by atoms with Crippen LogP contribution in [-0.4, -0.2) is 56.5 Å². The number of nitrogens with one attached hydrogen (secondary N) is 2. The molecule has 2 aliphatic heterocycles. The zero-order chi connectivity index (χ0) is 17.2. The normalized spacial score (nSPS) is 20.8. The van der Waals surface area contributed by atoms with Crippen LogP contribution in [-0.2, 0) is 14.6 Å². The average Bonchev–Trinajstić information content (AvgIpc) is 3.09. The Hall–Kier alpha value is -1.67. The highest BCUT2D eigenvalue weighted by molar-refractivity contribution is 7.92. The Morgan fingerprint density at radius 2 is 1.92 bits per heavy atom. The van der Waals surface area contributed by atoms with Crippen LogP contribution in [0.3, 0.4) is 0 Å². The first-order valence-corrected chi connectivity index (χ1v) is 10.2. The molecule has 0 unspecified atom stereocenters. The lowest BCUT2D eigenvalue weighted by Crippen LogP contribution is -2.55. The van der Waals surface area contributed by atoms with Gasteiger partial charge in [-0.3, -0.25) is 4.79 Å². The summed E-state index contributed by atoms with van der Waals surface area (Å²) in [5.41, 5.74) is 0.532. The Labute approximate surface area is 142 Å². The van der Waals surface area contributed by atoms with Crippen LogP contribution < -0.4 is 15.5 Å².